The molecule has 1 spiro atoms. The van der Waals surface area contributed by atoms with Crippen LogP contribution >= 0.6 is 23.2 Å². The van der Waals surface area contributed by atoms with Gasteiger partial charge >= 0.3 is 6.03 Å². The fourth-order valence-electron chi connectivity index (χ4n) is 3.73. The topological polar surface area (TPSA) is 70.1 Å². The highest BCUT2D eigenvalue weighted by Gasteiger charge is 2.55. The average molecular weight is 401 g/mol. The molecular formula is C18H22Cl2N2O4. The van der Waals surface area contributed by atoms with Crippen LogP contribution in [0.15, 0.2) is 18.2 Å². The summed E-state index contributed by atoms with van der Waals surface area (Å²) in [5.41, 5.74) is -0.744. The van der Waals surface area contributed by atoms with Crippen LogP contribution in [-0.2, 0) is 4.79 Å². The van der Waals surface area contributed by atoms with Crippen LogP contribution < -0.4 is 4.74 Å². The number of benzene rings is 1. The molecular weight excluding hydrogens is 379 g/mol. The predicted octanol–water partition coefficient (Wildman–Crippen LogP) is 3.33. The summed E-state index contributed by atoms with van der Waals surface area (Å²) >= 11 is 11.9. The summed E-state index contributed by atoms with van der Waals surface area (Å²) in [5, 5.41) is 11.1. The Morgan fingerprint density at radius 3 is 2.62 bits per heavy atom. The van der Waals surface area contributed by atoms with Gasteiger partial charge in [-0.3, -0.25) is 9.69 Å². The number of hydrogen-bond donors (Lipinski definition) is 1. The standard InChI is InChI=1S/C18H22Cl2N2O4/c1-21-17(25)22(16(24)18(21)7-3-2-4-8-18)10-13(23)11-26-15-9-12(19)5-6-14(15)20/h5-6,9,13,23H,2-4,7-8,10-11H2,1H3. The van der Waals surface area contributed by atoms with E-state index in [1.807, 2.05) is 0 Å². The summed E-state index contributed by atoms with van der Waals surface area (Å²) in [5.74, 6) is 0.127. The molecule has 6 nitrogen and oxygen atoms in total. The van der Waals surface area contributed by atoms with Gasteiger partial charge in [-0.15, -0.1) is 0 Å². The quantitative estimate of drug-likeness (QED) is 0.769. The van der Waals surface area contributed by atoms with Gasteiger partial charge in [0.05, 0.1) is 11.6 Å². The van der Waals surface area contributed by atoms with Gasteiger partial charge in [0.1, 0.15) is 24.0 Å². The Hall–Kier alpha value is -1.50. The average Bonchev–Trinajstić information content (AvgIpc) is 2.79. The Balaban J connectivity index is 1.63. The molecule has 0 bridgehead atoms. The Morgan fingerprint density at radius 1 is 1.23 bits per heavy atom. The number of urea groups is 1. The highest BCUT2D eigenvalue weighted by atomic mass is 35.5. The van der Waals surface area contributed by atoms with Gasteiger partial charge in [-0.25, -0.2) is 4.79 Å². The summed E-state index contributed by atoms with van der Waals surface area (Å²) in [4.78, 5) is 28.1. The lowest BCUT2D eigenvalue weighted by molar-refractivity contribution is -0.135. The van der Waals surface area contributed by atoms with Gasteiger partial charge in [-0.2, -0.15) is 0 Å². The Labute approximate surface area is 162 Å². The molecule has 1 aliphatic heterocycles. The van der Waals surface area contributed by atoms with Crippen molar-refractivity contribution < 1.29 is 19.4 Å². The number of aliphatic hydroxyl groups excluding tert-OH is 1. The van der Waals surface area contributed by atoms with Crippen molar-refractivity contribution in [2.24, 2.45) is 0 Å². The third-order valence-corrected chi connectivity index (χ3v) is 5.75. The van der Waals surface area contributed by atoms with Crippen LogP contribution in [0.2, 0.25) is 10.0 Å². The fourth-order valence-corrected chi connectivity index (χ4v) is 4.06. The minimum Gasteiger partial charge on any atom is -0.489 e. The van der Waals surface area contributed by atoms with Gasteiger partial charge < -0.3 is 14.7 Å². The van der Waals surface area contributed by atoms with Crippen molar-refractivity contribution >= 4 is 35.1 Å². The Morgan fingerprint density at radius 2 is 1.92 bits per heavy atom. The molecule has 3 amide bonds. The minimum atomic E-state index is -1.02. The van der Waals surface area contributed by atoms with Gasteiger partial charge in [0.2, 0.25) is 0 Å². The molecule has 0 aromatic heterocycles. The number of β-amino-alcohol motifs (C(OH)–C–C–N with tert-alkyl or cyclic N) is 1. The third kappa shape index (κ3) is 3.50. The number of halogens is 2. The number of ether oxygens (including phenoxy) is 1. The molecule has 2 aliphatic rings. The van der Waals surface area contributed by atoms with E-state index < -0.39 is 11.6 Å². The normalized spacial score (nSPS) is 20.8. The minimum absolute atomic E-state index is 0.103. The molecule has 1 N–H and O–H groups in total. The lowest BCUT2D eigenvalue weighted by Gasteiger charge is -2.35. The SMILES string of the molecule is CN1C(=O)N(CC(O)COc2cc(Cl)ccc2Cl)C(=O)C12CCCCC2. The van der Waals surface area contributed by atoms with Crippen molar-refractivity contribution in [3.8, 4) is 5.75 Å². The largest absolute Gasteiger partial charge is 0.489 e. The highest BCUT2D eigenvalue weighted by Crippen LogP contribution is 2.39. The lowest BCUT2D eigenvalue weighted by atomic mass is 9.81. The lowest BCUT2D eigenvalue weighted by Crippen LogP contribution is -2.49. The number of imide groups is 1. The van der Waals surface area contributed by atoms with E-state index in [0.29, 0.717) is 28.6 Å². The van der Waals surface area contributed by atoms with Gasteiger partial charge in [0.25, 0.3) is 5.91 Å². The highest BCUT2D eigenvalue weighted by molar-refractivity contribution is 6.34. The number of likely N-dealkylation sites (N-methyl/N-ethyl adjacent to an activating group) is 1. The number of nitrogens with zero attached hydrogens (tertiary/aromatic N) is 2. The number of hydrogen-bond acceptors (Lipinski definition) is 4. The van der Waals surface area contributed by atoms with Crippen LogP contribution in [0, 0.1) is 0 Å². The first kappa shape index (κ1) is 19.3. The molecule has 1 heterocycles. The molecule has 1 unspecified atom stereocenters. The molecule has 26 heavy (non-hydrogen) atoms. The molecule has 1 saturated carbocycles. The number of carbonyl (C=O) groups excluding carboxylic acids is 2. The van der Waals surface area contributed by atoms with Crippen LogP contribution in [0.4, 0.5) is 4.79 Å². The van der Waals surface area contributed by atoms with Crippen molar-refractivity contribution in [2.45, 2.75) is 43.7 Å². The second-order valence-corrected chi connectivity index (χ2v) is 7.73. The summed E-state index contributed by atoms with van der Waals surface area (Å²) in [6.07, 6.45) is 3.26. The van der Waals surface area contributed by atoms with Crippen molar-refractivity contribution in [1.29, 1.82) is 0 Å². The summed E-state index contributed by atoms with van der Waals surface area (Å²) in [7, 11) is 1.67. The summed E-state index contributed by atoms with van der Waals surface area (Å²) < 4.78 is 5.49. The van der Waals surface area contributed by atoms with E-state index in [1.165, 1.54) is 4.90 Å². The maximum Gasteiger partial charge on any atom is 0.327 e. The number of aliphatic hydroxyl groups is 1. The number of amides is 3. The summed E-state index contributed by atoms with van der Waals surface area (Å²) in [6, 6.07) is 4.42. The molecule has 0 radical (unpaired) electrons. The van der Waals surface area contributed by atoms with Gasteiger partial charge in [0, 0.05) is 18.1 Å². The van der Waals surface area contributed by atoms with E-state index >= 15 is 0 Å². The molecule has 1 saturated heterocycles. The van der Waals surface area contributed by atoms with E-state index in [0.717, 1.165) is 24.2 Å². The molecule has 8 heteroatoms. The molecule has 1 atom stereocenters. The van der Waals surface area contributed by atoms with Crippen molar-refractivity contribution in [3.63, 3.8) is 0 Å². The van der Waals surface area contributed by atoms with Gasteiger partial charge in [-0.05, 0) is 25.0 Å². The van der Waals surface area contributed by atoms with Crippen molar-refractivity contribution in [3.05, 3.63) is 28.2 Å². The zero-order valence-corrected chi connectivity index (χ0v) is 16.1. The zero-order valence-electron chi connectivity index (χ0n) is 14.6. The van der Waals surface area contributed by atoms with Crippen molar-refractivity contribution in [1.82, 2.24) is 9.80 Å². The van der Waals surface area contributed by atoms with Crippen LogP contribution in [0.3, 0.4) is 0 Å². The number of carbonyl (C=O) groups is 2. The number of rotatable bonds is 5. The smallest absolute Gasteiger partial charge is 0.327 e. The van der Waals surface area contributed by atoms with E-state index in [4.69, 9.17) is 27.9 Å². The molecule has 1 aromatic rings. The summed E-state index contributed by atoms with van der Waals surface area (Å²) in [6.45, 7) is -0.213. The van der Waals surface area contributed by atoms with Gasteiger partial charge in [0.15, 0.2) is 0 Å². The Kier molecular flexibility index (Phi) is 5.65. The molecule has 2 fully saturated rings. The van der Waals surface area contributed by atoms with Crippen LogP contribution in [0.25, 0.3) is 0 Å². The zero-order chi connectivity index (χ0) is 18.9. The van der Waals surface area contributed by atoms with E-state index in [-0.39, 0.29) is 25.1 Å². The van der Waals surface area contributed by atoms with Gasteiger partial charge in [-0.1, -0.05) is 42.5 Å². The second kappa shape index (κ2) is 7.62. The molecule has 3 rings (SSSR count). The maximum atomic E-state index is 12.9. The first-order valence-corrected chi connectivity index (χ1v) is 9.46. The molecule has 1 aromatic carbocycles. The monoisotopic (exact) mass is 400 g/mol. The van der Waals surface area contributed by atoms with Crippen molar-refractivity contribution in [2.75, 3.05) is 20.2 Å². The third-order valence-electron chi connectivity index (χ3n) is 5.20. The fraction of sp³-hybridized carbons (Fsp3) is 0.556. The first-order chi connectivity index (χ1) is 12.3. The van der Waals surface area contributed by atoms with Crippen LogP contribution in [0.1, 0.15) is 32.1 Å². The van der Waals surface area contributed by atoms with Crippen LogP contribution in [-0.4, -0.2) is 58.7 Å². The first-order valence-electron chi connectivity index (χ1n) is 8.71. The molecule has 142 valence electrons. The maximum absolute atomic E-state index is 12.9. The van der Waals surface area contributed by atoms with Crippen LogP contribution in [0.5, 0.6) is 5.75 Å². The van der Waals surface area contributed by atoms with E-state index in [1.54, 1.807) is 25.2 Å². The predicted molar refractivity (Wildman–Crippen MR) is 98.7 cm³/mol. The molecule has 1 aliphatic carbocycles. The van der Waals surface area contributed by atoms with E-state index in [9.17, 15) is 14.7 Å². The second-order valence-electron chi connectivity index (χ2n) is 6.89. The van der Waals surface area contributed by atoms with E-state index in [2.05, 4.69) is 0 Å². The Bertz CT molecular complexity index is 706.